The Bertz CT molecular complexity index is 880. The van der Waals surface area contributed by atoms with Gasteiger partial charge in [0.1, 0.15) is 0 Å². The van der Waals surface area contributed by atoms with E-state index < -0.39 is 10.0 Å². The van der Waals surface area contributed by atoms with E-state index >= 15 is 0 Å². The minimum Gasteiger partial charge on any atom is -0.316 e. The maximum Gasteiger partial charge on any atom is 0.264 e. The smallest absolute Gasteiger partial charge is 0.264 e. The Hall–Kier alpha value is -2.34. The first-order valence-corrected chi connectivity index (χ1v) is 9.41. The van der Waals surface area contributed by atoms with E-state index in [2.05, 4.69) is 0 Å². The minimum atomic E-state index is -3.67. The average molecular weight is 360 g/mol. The fourth-order valence-electron chi connectivity index (χ4n) is 2.92. The molecule has 0 fully saturated rings. The zero-order valence-corrected chi connectivity index (χ0v) is 16.3. The molecule has 0 aliphatic rings. The van der Waals surface area contributed by atoms with Crippen LogP contribution >= 0.6 is 0 Å². The molecule has 0 N–H and O–H groups in total. The number of nitrogens with zero attached hydrogens (tertiary/aromatic N) is 2. The van der Waals surface area contributed by atoms with E-state index in [0.29, 0.717) is 16.3 Å². The molecule has 0 saturated carbocycles. The molecule has 0 heterocycles. The van der Waals surface area contributed by atoms with Gasteiger partial charge in [-0.25, -0.2) is 8.42 Å². The van der Waals surface area contributed by atoms with Crippen LogP contribution in [0, 0.1) is 20.8 Å². The maximum atomic E-state index is 13.1. The predicted molar refractivity (Wildman–Crippen MR) is 102 cm³/mol. The molecule has 0 atom stereocenters. The highest BCUT2D eigenvalue weighted by Gasteiger charge is 2.25. The Morgan fingerprint density at radius 2 is 1.32 bits per heavy atom. The van der Waals surface area contributed by atoms with Crippen molar-refractivity contribution in [3.8, 4) is 0 Å². The molecule has 0 unspecified atom stereocenters. The maximum absolute atomic E-state index is 13.1. The summed E-state index contributed by atoms with van der Waals surface area (Å²) in [5.74, 6) is -0.0837. The number of carbonyl (C=O) groups excluding carboxylic acids is 1. The summed E-state index contributed by atoms with van der Waals surface area (Å²) in [5, 5.41) is 0. The number of amides is 1. The first-order chi connectivity index (χ1) is 11.6. The normalized spacial score (nSPS) is 11.3. The highest BCUT2D eigenvalue weighted by molar-refractivity contribution is 7.92. The highest BCUT2D eigenvalue weighted by atomic mass is 32.2. The molecule has 2 aromatic carbocycles. The largest absolute Gasteiger partial charge is 0.316 e. The van der Waals surface area contributed by atoms with Crippen molar-refractivity contribution in [2.24, 2.45) is 0 Å². The van der Waals surface area contributed by atoms with Crippen molar-refractivity contribution in [2.45, 2.75) is 32.6 Å². The molecule has 134 valence electrons. The molecule has 2 rings (SSSR count). The summed E-state index contributed by atoms with van der Waals surface area (Å²) >= 11 is 0. The van der Waals surface area contributed by atoms with E-state index in [0.717, 1.165) is 16.7 Å². The third kappa shape index (κ3) is 3.69. The molecule has 5 nitrogen and oxygen atoms in total. The van der Waals surface area contributed by atoms with E-state index in [9.17, 15) is 13.2 Å². The number of benzene rings is 2. The van der Waals surface area contributed by atoms with Crippen LogP contribution in [0.4, 0.5) is 11.4 Å². The van der Waals surface area contributed by atoms with Gasteiger partial charge in [-0.1, -0.05) is 17.7 Å². The quantitative estimate of drug-likeness (QED) is 0.839. The molecule has 0 aromatic heterocycles. The third-order valence-electron chi connectivity index (χ3n) is 4.30. The van der Waals surface area contributed by atoms with Crippen molar-refractivity contribution >= 4 is 27.3 Å². The fourth-order valence-corrected chi connectivity index (χ4v) is 4.52. The van der Waals surface area contributed by atoms with Crippen LogP contribution in [0.5, 0.6) is 0 Å². The van der Waals surface area contributed by atoms with Crippen molar-refractivity contribution in [1.82, 2.24) is 0 Å². The number of sulfonamides is 1. The van der Waals surface area contributed by atoms with Crippen LogP contribution in [0.15, 0.2) is 41.3 Å². The molecule has 0 aliphatic carbocycles. The second-order valence-electron chi connectivity index (χ2n) is 6.29. The Labute approximate surface area is 149 Å². The molecule has 0 aliphatic heterocycles. The lowest BCUT2D eigenvalue weighted by Crippen LogP contribution is -2.28. The first-order valence-electron chi connectivity index (χ1n) is 7.97. The van der Waals surface area contributed by atoms with Crippen LogP contribution < -0.4 is 9.21 Å². The average Bonchev–Trinajstić information content (AvgIpc) is 2.52. The molecule has 0 radical (unpaired) electrons. The van der Waals surface area contributed by atoms with Gasteiger partial charge in [0, 0.05) is 26.7 Å². The monoisotopic (exact) mass is 360 g/mol. The van der Waals surface area contributed by atoms with Crippen LogP contribution in [0.3, 0.4) is 0 Å². The lowest BCUT2D eigenvalue weighted by Gasteiger charge is -2.23. The first kappa shape index (κ1) is 19.0. The predicted octanol–water partition coefficient (Wildman–Crippen LogP) is 3.42. The van der Waals surface area contributed by atoms with Crippen molar-refractivity contribution in [3.63, 3.8) is 0 Å². The van der Waals surface area contributed by atoms with E-state index in [4.69, 9.17) is 0 Å². The Morgan fingerprint density at radius 3 is 1.76 bits per heavy atom. The van der Waals surface area contributed by atoms with Crippen molar-refractivity contribution in [3.05, 3.63) is 53.1 Å². The van der Waals surface area contributed by atoms with Crippen LogP contribution in [-0.4, -0.2) is 28.4 Å². The summed E-state index contributed by atoms with van der Waals surface area (Å²) in [6, 6.07) is 10.6. The topological polar surface area (TPSA) is 57.7 Å². The van der Waals surface area contributed by atoms with Crippen LogP contribution in [0.1, 0.15) is 23.6 Å². The lowest BCUT2D eigenvalue weighted by atomic mass is 10.1. The summed E-state index contributed by atoms with van der Waals surface area (Å²) in [7, 11) is -0.450. The van der Waals surface area contributed by atoms with E-state index in [-0.39, 0.29) is 5.91 Å². The molecule has 0 spiro atoms. The molecule has 2 aromatic rings. The van der Waals surface area contributed by atoms with Crippen LogP contribution in [-0.2, 0) is 14.8 Å². The summed E-state index contributed by atoms with van der Waals surface area (Å²) < 4.78 is 27.4. The molecular weight excluding hydrogens is 336 g/mol. The Kier molecular flexibility index (Phi) is 5.23. The number of aryl methyl sites for hydroxylation is 3. The minimum absolute atomic E-state index is 0.0837. The number of rotatable bonds is 4. The molecule has 25 heavy (non-hydrogen) atoms. The van der Waals surface area contributed by atoms with Gasteiger partial charge in [-0.15, -0.1) is 0 Å². The molecule has 1 amide bonds. The summed E-state index contributed by atoms with van der Waals surface area (Å²) in [6.07, 6.45) is 0. The van der Waals surface area contributed by atoms with Gasteiger partial charge in [-0.3, -0.25) is 9.10 Å². The van der Waals surface area contributed by atoms with E-state index in [1.54, 1.807) is 31.3 Å². The number of hydrogen-bond acceptors (Lipinski definition) is 3. The van der Waals surface area contributed by atoms with E-state index in [1.807, 2.05) is 32.9 Å². The number of anilines is 2. The second kappa shape index (κ2) is 6.88. The van der Waals surface area contributed by atoms with Gasteiger partial charge in [-0.2, -0.15) is 0 Å². The second-order valence-corrected chi connectivity index (χ2v) is 8.20. The van der Waals surface area contributed by atoms with Crippen LogP contribution in [0.25, 0.3) is 0 Å². The summed E-state index contributed by atoms with van der Waals surface area (Å²) in [4.78, 5) is 13.3. The summed E-state index contributed by atoms with van der Waals surface area (Å²) in [5.41, 5.74) is 3.76. The SMILES string of the molecule is CC(=O)N(C)c1ccc(N(C)S(=O)(=O)c2c(C)cc(C)cc2C)cc1. The third-order valence-corrected chi connectivity index (χ3v) is 6.39. The van der Waals surface area contributed by atoms with Gasteiger partial charge < -0.3 is 4.90 Å². The molecule has 0 bridgehead atoms. The van der Waals surface area contributed by atoms with Gasteiger partial charge in [0.2, 0.25) is 5.91 Å². The van der Waals surface area contributed by atoms with Gasteiger partial charge in [0.15, 0.2) is 0 Å². The molecule has 0 saturated heterocycles. The molecular formula is C19H24N2O3S. The molecule has 6 heteroatoms. The van der Waals surface area contributed by atoms with Gasteiger partial charge >= 0.3 is 0 Å². The number of hydrogen-bond donors (Lipinski definition) is 0. The number of carbonyl (C=O) groups is 1. The fraction of sp³-hybridized carbons (Fsp3) is 0.316. The van der Waals surface area contributed by atoms with Crippen LogP contribution in [0.2, 0.25) is 0 Å². The van der Waals surface area contributed by atoms with Crippen molar-refractivity contribution in [1.29, 1.82) is 0 Å². The van der Waals surface area contributed by atoms with E-state index in [1.165, 1.54) is 23.2 Å². The van der Waals surface area contributed by atoms with Gasteiger partial charge in [0.05, 0.1) is 10.6 Å². The zero-order valence-electron chi connectivity index (χ0n) is 15.5. The van der Waals surface area contributed by atoms with Crippen molar-refractivity contribution in [2.75, 3.05) is 23.3 Å². The van der Waals surface area contributed by atoms with Crippen molar-refractivity contribution < 1.29 is 13.2 Å². The highest BCUT2D eigenvalue weighted by Crippen LogP contribution is 2.29. The van der Waals surface area contributed by atoms with Gasteiger partial charge in [-0.05, 0) is 56.2 Å². The lowest BCUT2D eigenvalue weighted by molar-refractivity contribution is -0.116. The summed E-state index contributed by atoms with van der Waals surface area (Å²) in [6.45, 7) is 7.05. The van der Waals surface area contributed by atoms with Gasteiger partial charge in [0.25, 0.3) is 10.0 Å². The standard InChI is InChI=1S/C19H24N2O3S/c1-13-11-14(2)19(15(3)12-13)25(23,24)21(6)18-9-7-17(8-10-18)20(5)16(4)22/h7-12H,1-6H3. The zero-order chi connectivity index (χ0) is 18.9. The Balaban J connectivity index is 2.43. The Morgan fingerprint density at radius 1 is 0.880 bits per heavy atom.